The Morgan fingerprint density at radius 3 is 1.95 bits per heavy atom. The van der Waals surface area contributed by atoms with E-state index in [-0.39, 0.29) is 49.0 Å². The summed E-state index contributed by atoms with van der Waals surface area (Å²) in [5.41, 5.74) is 5.35. The molecule has 0 fully saturated rings. The molecule has 0 saturated heterocycles. The number of para-hydroxylation sites is 4. The van der Waals surface area contributed by atoms with Gasteiger partial charge in [0.2, 0.25) is 0 Å². The molecule has 0 aliphatic heterocycles. The minimum Gasteiger partial charge on any atom is -0.510 e. The Morgan fingerprint density at radius 2 is 1.18 bits per heavy atom. The van der Waals surface area contributed by atoms with Gasteiger partial charge in [-0.1, -0.05) is 163 Å². The number of benzene rings is 8. The van der Waals surface area contributed by atoms with Crippen LogP contribution in [0, 0.1) is 18.5 Å². The molecule has 3 heterocycles. The summed E-state index contributed by atoms with van der Waals surface area (Å²) in [4.78, 5) is 5.08. The molecule has 0 aliphatic rings. The molecule has 0 N–H and O–H groups in total. The van der Waals surface area contributed by atoms with Crippen molar-refractivity contribution in [2.24, 2.45) is 0 Å². The van der Waals surface area contributed by atoms with Crippen LogP contribution >= 0.6 is 0 Å². The molecular formula is C54H34N4OPt-2. The number of rotatable bonds is 8. The van der Waals surface area contributed by atoms with Crippen LogP contribution in [-0.4, -0.2) is 14.1 Å². The van der Waals surface area contributed by atoms with E-state index in [2.05, 4.69) is 35.2 Å². The molecule has 3 aromatic heterocycles. The number of hydrogen-bond donors (Lipinski definition) is 0. The average molecular weight is 960 g/mol. The first-order chi connectivity index (χ1) is 33.4. The Labute approximate surface area is 376 Å². The molecule has 0 bridgehead atoms. The first-order valence-corrected chi connectivity index (χ1v) is 18.8. The second kappa shape index (κ2) is 15.8. The molecule has 288 valence electrons. The van der Waals surface area contributed by atoms with Crippen molar-refractivity contribution in [2.45, 2.75) is 0 Å². The second-order valence-electron chi connectivity index (χ2n) is 13.6. The normalized spacial score (nSPS) is 13.5. The Balaban J connectivity index is 0.00000567. The monoisotopic (exact) mass is 959 g/mol. The van der Waals surface area contributed by atoms with Crippen molar-refractivity contribution in [3.63, 3.8) is 0 Å². The Kier molecular flexibility index (Phi) is 7.20. The van der Waals surface area contributed by atoms with Crippen molar-refractivity contribution in [2.75, 3.05) is 0 Å². The third-order valence-electron chi connectivity index (χ3n) is 10.2. The third kappa shape index (κ3) is 6.60. The van der Waals surface area contributed by atoms with Crippen molar-refractivity contribution in [1.29, 1.82) is 0 Å². The number of nitrogens with zero attached hydrogens (tertiary/aromatic N) is 4. The van der Waals surface area contributed by atoms with Gasteiger partial charge in [0.25, 0.3) is 6.33 Å². The SMILES string of the molecule is [2H]c1c([2H])c([2H])c(-c2cccc(-c3c([2H])c([2H])c([2H])c([2H])c3[2H])c2-[n+]2[c-]n(-c3[c-]c(Oc4[c-]c5c(cc4)c4ccccc4n5-c4cccc(-c5ccccc5)n4)ccc3)c3ccccc32)c([2H])c1[2H].[Pt]. The summed E-state index contributed by atoms with van der Waals surface area (Å²) in [6, 6.07) is 47.0. The van der Waals surface area contributed by atoms with E-state index >= 15 is 0 Å². The van der Waals surface area contributed by atoms with Crippen molar-refractivity contribution in [3.05, 3.63) is 224 Å². The molecule has 0 radical (unpaired) electrons. The van der Waals surface area contributed by atoms with Crippen LogP contribution in [0.3, 0.4) is 0 Å². The minimum atomic E-state index is -0.573. The standard InChI is InChI=1S/C54H34N4O.Pt/c1-4-17-38(18-5-1)44-26-15-27-45(39-19-6-2-7-20-39)54(44)57-37-56(50-30-12-13-31-51(50)57)41-23-14-24-42(35-41)59-43-33-34-47-46-25-10-11-29-49(46)58(52(47)36-43)53-32-16-28-48(55-53)40-21-8-3-9-22-40;/h1-34H;/q-2;/i1D,2D,4D,5D,6D,7D,17D,18D,19D,20D;. The fraction of sp³-hybridized carbons (Fsp3) is 0. The van der Waals surface area contributed by atoms with Gasteiger partial charge in [0.1, 0.15) is 5.82 Å². The second-order valence-corrected chi connectivity index (χ2v) is 13.6. The van der Waals surface area contributed by atoms with Crippen LogP contribution in [0.25, 0.3) is 83.5 Å². The maximum Gasteiger partial charge on any atom is 0.268 e. The maximum absolute atomic E-state index is 8.99. The zero-order valence-corrected chi connectivity index (χ0v) is 33.6. The van der Waals surface area contributed by atoms with E-state index in [1.54, 1.807) is 51.6 Å². The topological polar surface area (TPSA) is 35.9 Å². The van der Waals surface area contributed by atoms with Crippen LogP contribution in [0.1, 0.15) is 13.7 Å². The molecule has 11 rings (SSSR count). The number of aromatic nitrogens is 4. The van der Waals surface area contributed by atoms with Gasteiger partial charge >= 0.3 is 0 Å². The summed E-state index contributed by atoms with van der Waals surface area (Å²) < 4.78 is 98.7. The minimum absolute atomic E-state index is 0. The first-order valence-electron chi connectivity index (χ1n) is 23.8. The molecular weight excluding hydrogens is 916 g/mol. The Morgan fingerprint density at radius 1 is 0.533 bits per heavy atom. The molecule has 0 amide bonds. The van der Waals surface area contributed by atoms with Crippen molar-refractivity contribution in [1.82, 2.24) is 14.1 Å². The van der Waals surface area contributed by atoms with Crippen molar-refractivity contribution in [3.8, 4) is 62.2 Å². The quantitative estimate of drug-likeness (QED) is 0.112. The number of fused-ring (bicyclic) bond motifs is 4. The molecule has 60 heavy (non-hydrogen) atoms. The maximum atomic E-state index is 8.99. The number of ether oxygens (including phenoxy) is 1. The number of imidazole rings is 1. The smallest absolute Gasteiger partial charge is 0.268 e. The Hall–Kier alpha value is -7.33. The summed E-state index contributed by atoms with van der Waals surface area (Å²) in [6.45, 7) is 0. The van der Waals surface area contributed by atoms with Crippen LogP contribution in [0.4, 0.5) is 0 Å². The molecule has 6 heteroatoms. The molecule has 0 saturated carbocycles. The van der Waals surface area contributed by atoms with Gasteiger partial charge in [-0.3, -0.25) is 4.57 Å². The van der Waals surface area contributed by atoms with E-state index < -0.39 is 60.4 Å². The van der Waals surface area contributed by atoms with Gasteiger partial charge < -0.3 is 13.9 Å². The first kappa shape index (κ1) is 27.4. The van der Waals surface area contributed by atoms with Crippen molar-refractivity contribution >= 4 is 32.8 Å². The van der Waals surface area contributed by atoms with Gasteiger partial charge in [-0.05, 0) is 51.5 Å². The summed E-state index contributed by atoms with van der Waals surface area (Å²) >= 11 is 0. The molecule has 0 atom stereocenters. The molecule has 0 spiro atoms. The van der Waals surface area contributed by atoms with Gasteiger partial charge in [-0.15, -0.1) is 29.7 Å². The van der Waals surface area contributed by atoms with Crippen LogP contribution < -0.4 is 9.30 Å². The number of pyridine rings is 1. The van der Waals surface area contributed by atoms with E-state index in [0.29, 0.717) is 28.2 Å². The van der Waals surface area contributed by atoms with Gasteiger partial charge in [0.15, 0.2) is 0 Å². The Bertz CT molecular complexity index is 3770. The van der Waals surface area contributed by atoms with E-state index in [1.807, 2.05) is 91.0 Å². The summed E-state index contributed by atoms with van der Waals surface area (Å²) in [7, 11) is 0. The van der Waals surface area contributed by atoms with E-state index in [9.17, 15) is 0 Å². The van der Waals surface area contributed by atoms with E-state index in [1.165, 1.54) is 0 Å². The molecule has 8 aromatic carbocycles. The fourth-order valence-corrected chi connectivity index (χ4v) is 7.60. The van der Waals surface area contributed by atoms with Crippen LogP contribution in [-0.2, 0) is 21.1 Å². The largest absolute Gasteiger partial charge is 0.510 e. The van der Waals surface area contributed by atoms with Gasteiger partial charge in [-0.25, -0.2) is 4.98 Å². The zero-order valence-electron chi connectivity index (χ0n) is 41.4. The summed E-state index contributed by atoms with van der Waals surface area (Å²) in [5.74, 6) is 1.49. The molecule has 0 aliphatic carbocycles. The molecule has 0 unspecified atom stereocenters. The zero-order chi connectivity index (χ0) is 47.8. The molecule has 11 aromatic rings. The summed E-state index contributed by atoms with van der Waals surface area (Å²) in [6.07, 6.45) is 3.40. The average Bonchev–Trinajstić information content (AvgIpc) is 3.93. The van der Waals surface area contributed by atoms with Crippen molar-refractivity contribution < 1.29 is 44.1 Å². The van der Waals surface area contributed by atoms with Crippen LogP contribution in [0.15, 0.2) is 206 Å². The number of hydrogen-bond acceptors (Lipinski definition) is 2. The fourth-order valence-electron chi connectivity index (χ4n) is 7.60. The van der Waals surface area contributed by atoms with E-state index in [4.69, 9.17) is 23.4 Å². The summed E-state index contributed by atoms with van der Waals surface area (Å²) in [5, 5.41) is 1.99. The van der Waals surface area contributed by atoms with E-state index in [0.717, 1.165) is 38.9 Å². The van der Waals surface area contributed by atoms with Crippen LogP contribution in [0.2, 0.25) is 0 Å². The van der Waals surface area contributed by atoms with Gasteiger partial charge in [0, 0.05) is 43.6 Å². The predicted octanol–water partition coefficient (Wildman–Crippen LogP) is 12.6. The molecule has 5 nitrogen and oxygen atoms in total. The van der Waals surface area contributed by atoms with Gasteiger partial charge in [0.05, 0.1) is 36.1 Å². The predicted molar refractivity (Wildman–Crippen MR) is 236 cm³/mol. The van der Waals surface area contributed by atoms with Gasteiger partial charge in [-0.2, -0.15) is 18.2 Å². The van der Waals surface area contributed by atoms with Crippen LogP contribution in [0.5, 0.6) is 11.5 Å². The third-order valence-corrected chi connectivity index (χ3v) is 10.2.